The summed E-state index contributed by atoms with van der Waals surface area (Å²) in [6.45, 7) is 1.50. The van der Waals surface area contributed by atoms with Gasteiger partial charge in [0, 0.05) is 20.2 Å². The number of amides is 2. The Labute approximate surface area is 198 Å². The predicted octanol–water partition coefficient (Wildman–Crippen LogP) is 1.67. The van der Waals surface area contributed by atoms with Crippen LogP contribution in [0, 0.1) is 6.92 Å². The molecule has 2 heterocycles. The third-order valence-corrected chi connectivity index (χ3v) is 5.79. The number of hydrogen-bond donors (Lipinski definition) is 3. The number of fused-ring (bicyclic) bond motifs is 1. The molecule has 3 rings (SSSR count). The Kier molecular flexibility index (Phi) is 7.55. The largest absolute Gasteiger partial charge is 0.484 e. The van der Waals surface area contributed by atoms with Crippen molar-refractivity contribution in [2.45, 2.75) is 6.92 Å². The molecule has 2 aromatic rings. The molecule has 0 spiro atoms. The number of hydrogen-bond acceptors (Lipinski definition) is 9. The van der Waals surface area contributed by atoms with Crippen molar-refractivity contribution >= 4 is 51.5 Å². The van der Waals surface area contributed by atoms with E-state index in [4.69, 9.17) is 31.2 Å². The molecular formula is C20H22N4O7S2. The van der Waals surface area contributed by atoms with E-state index in [9.17, 15) is 14.4 Å². The van der Waals surface area contributed by atoms with E-state index in [1.807, 2.05) is 0 Å². The first-order valence-corrected chi connectivity index (χ1v) is 10.7. The molecule has 1 aromatic carbocycles. The van der Waals surface area contributed by atoms with Crippen molar-refractivity contribution in [3.05, 3.63) is 34.2 Å². The topological polar surface area (TPSA) is 127 Å². The monoisotopic (exact) mass is 494 g/mol. The molecular weight excluding hydrogens is 472 g/mol. The van der Waals surface area contributed by atoms with Gasteiger partial charge in [0.2, 0.25) is 6.79 Å². The summed E-state index contributed by atoms with van der Waals surface area (Å²) in [7, 11) is 4.47. The highest BCUT2D eigenvalue weighted by Crippen LogP contribution is 2.35. The Balaban J connectivity index is 1.57. The average molecular weight is 495 g/mol. The van der Waals surface area contributed by atoms with Gasteiger partial charge in [-0.3, -0.25) is 20.4 Å². The Hall–Kier alpha value is -3.58. The normalized spacial score (nSPS) is 11.4. The number of benzene rings is 1. The van der Waals surface area contributed by atoms with Crippen LogP contribution in [0.25, 0.3) is 0 Å². The summed E-state index contributed by atoms with van der Waals surface area (Å²) in [6.07, 6.45) is 0. The van der Waals surface area contributed by atoms with Crippen molar-refractivity contribution in [1.29, 1.82) is 0 Å². The van der Waals surface area contributed by atoms with Crippen LogP contribution in [0.4, 0.5) is 5.00 Å². The first-order valence-electron chi connectivity index (χ1n) is 9.53. The maximum atomic E-state index is 12.4. The Bertz CT molecular complexity index is 1100. The van der Waals surface area contributed by atoms with Gasteiger partial charge in [0.05, 0.1) is 17.6 Å². The van der Waals surface area contributed by atoms with E-state index in [2.05, 4.69) is 16.2 Å². The molecule has 0 unspecified atom stereocenters. The van der Waals surface area contributed by atoms with Gasteiger partial charge in [-0.2, -0.15) is 0 Å². The van der Waals surface area contributed by atoms with Crippen LogP contribution in [0.2, 0.25) is 0 Å². The Morgan fingerprint density at radius 1 is 1.18 bits per heavy atom. The zero-order valence-electron chi connectivity index (χ0n) is 18.3. The maximum Gasteiger partial charge on any atom is 0.341 e. The number of ether oxygens (including phenoxy) is 4. The van der Waals surface area contributed by atoms with Crippen LogP contribution in [-0.2, 0) is 9.53 Å². The number of anilines is 1. The standard InChI is InChI=1S/C20H22N4O7S2/c1-10-15(19(27)28-4)17(33-16(10)18(26)24(2)3)21-20(32)23-22-14(25)8-29-11-5-6-12-13(7-11)31-9-30-12/h5-7H,8-9H2,1-4H3,(H,22,25)(H2,21,23,32). The summed E-state index contributed by atoms with van der Waals surface area (Å²) in [6, 6.07) is 4.96. The van der Waals surface area contributed by atoms with Gasteiger partial charge < -0.3 is 29.2 Å². The number of thiophene rings is 1. The molecule has 33 heavy (non-hydrogen) atoms. The number of nitrogens with one attached hydrogen (secondary N) is 3. The molecule has 1 aliphatic rings. The van der Waals surface area contributed by atoms with Crippen molar-refractivity contribution in [2.24, 2.45) is 0 Å². The van der Waals surface area contributed by atoms with Gasteiger partial charge in [0.15, 0.2) is 23.2 Å². The van der Waals surface area contributed by atoms with Gasteiger partial charge in [-0.15, -0.1) is 11.3 Å². The lowest BCUT2D eigenvalue weighted by molar-refractivity contribution is -0.123. The van der Waals surface area contributed by atoms with Crippen molar-refractivity contribution < 1.29 is 33.3 Å². The van der Waals surface area contributed by atoms with Gasteiger partial charge in [-0.05, 0) is 36.8 Å². The van der Waals surface area contributed by atoms with Crippen LogP contribution in [0.5, 0.6) is 17.2 Å². The first kappa shape index (κ1) is 24.1. The van der Waals surface area contributed by atoms with Crippen LogP contribution < -0.4 is 30.4 Å². The predicted molar refractivity (Wildman–Crippen MR) is 124 cm³/mol. The highest BCUT2D eigenvalue weighted by Gasteiger charge is 2.26. The molecule has 0 atom stereocenters. The summed E-state index contributed by atoms with van der Waals surface area (Å²) in [4.78, 5) is 38.5. The zero-order chi connectivity index (χ0) is 24.1. The molecule has 176 valence electrons. The van der Waals surface area contributed by atoms with Gasteiger partial charge in [0.1, 0.15) is 10.8 Å². The lowest BCUT2D eigenvalue weighted by Gasteiger charge is -2.12. The SMILES string of the molecule is COC(=O)c1c(NC(=S)NNC(=O)COc2ccc3c(c2)OCO3)sc(C(=O)N(C)C)c1C. The van der Waals surface area contributed by atoms with E-state index in [1.165, 1.54) is 12.0 Å². The number of carbonyl (C=O) groups excluding carboxylic acids is 3. The number of esters is 1. The van der Waals surface area contributed by atoms with Crippen molar-refractivity contribution in [2.75, 3.05) is 39.9 Å². The number of hydrazine groups is 1. The molecule has 0 radical (unpaired) electrons. The Morgan fingerprint density at radius 3 is 2.61 bits per heavy atom. The smallest absolute Gasteiger partial charge is 0.341 e. The van der Waals surface area contributed by atoms with Crippen molar-refractivity contribution in [3.63, 3.8) is 0 Å². The van der Waals surface area contributed by atoms with Crippen molar-refractivity contribution in [3.8, 4) is 17.2 Å². The number of methoxy groups -OCH3 is 1. The van der Waals surface area contributed by atoms with Crippen LogP contribution in [0.1, 0.15) is 25.6 Å². The molecule has 11 nitrogen and oxygen atoms in total. The maximum absolute atomic E-state index is 12.4. The van der Waals surface area contributed by atoms with E-state index in [0.29, 0.717) is 32.7 Å². The summed E-state index contributed by atoms with van der Waals surface area (Å²) < 4.78 is 20.7. The molecule has 0 saturated carbocycles. The second-order valence-electron chi connectivity index (χ2n) is 6.88. The minimum absolute atomic E-state index is 0.00156. The average Bonchev–Trinajstić information content (AvgIpc) is 3.38. The van der Waals surface area contributed by atoms with Crippen LogP contribution in [0.15, 0.2) is 18.2 Å². The zero-order valence-corrected chi connectivity index (χ0v) is 19.9. The first-order chi connectivity index (χ1) is 15.7. The summed E-state index contributed by atoms with van der Waals surface area (Å²) >= 11 is 6.25. The summed E-state index contributed by atoms with van der Waals surface area (Å²) in [5, 5.41) is 3.13. The van der Waals surface area contributed by atoms with E-state index >= 15 is 0 Å². The third kappa shape index (κ3) is 5.62. The number of thiocarbonyl (C=S) groups is 1. The quantitative estimate of drug-likeness (QED) is 0.310. The number of carbonyl (C=O) groups is 3. The minimum Gasteiger partial charge on any atom is -0.484 e. The third-order valence-electron chi connectivity index (χ3n) is 4.39. The molecule has 13 heteroatoms. The van der Waals surface area contributed by atoms with Gasteiger partial charge in [-0.25, -0.2) is 4.79 Å². The molecule has 1 aromatic heterocycles. The minimum atomic E-state index is -0.618. The summed E-state index contributed by atoms with van der Waals surface area (Å²) in [5.41, 5.74) is 5.58. The van der Waals surface area contributed by atoms with E-state index in [1.54, 1.807) is 39.2 Å². The fourth-order valence-corrected chi connectivity index (χ4v) is 4.21. The highest BCUT2D eigenvalue weighted by atomic mass is 32.1. The van der Waals surface area contributed by atoms with E-state index < -0.39 is 11.9 Å². The van der Waals surface area contributed by atoms with Crippen molar-refractivity contribution in [1.82, 2.24) is 15.8 Å². The lowest BCUT2D eigenvalue weighted by atomic mass is 10.1. The molecule has 3 N–H and O–H groups in total. The van der Waals surface area contributed by atoms with Gasteiger partial charge in [0.25, 0.3) is 11.8 Å². The van der Waals surface area contributed by atoms with Gasteiger partial charge in [-0.1, -0.05) is 0 Å². The van der Waals surface area contributed by atoms with Crippen LogP contribution in [0.3, 0.4) is 0 Å². The fraction of sp³-hybridized carbons (Fsp3) is 0.300. The van der Waals surface area contributed by atoms with Gasteiger partial charge >= 0.3 is 5.97 Å². The number of rotatable bonds is 6. The molecule has 0 aliphatic carbocycles. The fourth-order valence-electron chi connectivity index (χ4n) is 2.77. The molecule has 1 aliphatic heterocycles. The second-order valence-corrected chi connectivity index (χ2v) is 8.31. The molecule has 2 amide bonds. The van der Waals surface area contributed by atoms with E-state index in [0.717, 1.165) is 11.3 Å². The molecule has 0 bridgehead atoms. The Morgan fingerprint density at radius 2 is 1.91 bits per heavy atom. The summed E-state index contributed by atoms with van der Waals surface area (Å²) in [5.74, 6) is 0.198. The molecule has 0 saturated heterocycles. The number of nitrogens with zero attached hydrogens (tertiary/aromatic N) is 1. The van der Waals surface area contributed by atoms with Crippen LogP contribution in [-0.4, -0.2) is 62.4 Å². The lowest BCUT2D eigenvalue weighted by Crippen LogP contribution is -2.45. The van der Waals surface area contributed by atoms with Crippen LogP contribution >= 0.6 is 23.6 Å². The molecule has 0 fully saturated rings. The highest BCUT2D eigenvalue weighted by molar-refractivity contribution is 7.80. The van der Waals surface area contributed by atoms with E-state index in [-0.39, 0.29) is 30.0 Å². The second kappa shape index (κ2) is 10.4.